The van der Waals surface area contributed by atoms with Gasteiger partial charge in [-0.3, -0.25) is 0 Å². The van der Waals surface area contributed by atoms with Crippen molar-refractivity contribution >= 4 is 0 Å². The van der Waals surface area contributed by atoms with Crippen LogP contribution in [0, 0.1) is 0 Å². The molecule has 0 saturated heterocycles. The minimum Gasteiger partial charge on any atom is -0.496 e. The molecule has 1 aromatic carbocycles. The van der Waals surface area contributed by atoms with Gasteiger partial charge in [0.2, 0.25) is 0 Å². The first kappa shape index (κ1) is 15.0. The number of likely N-dealkylation sites (N-methyl/N-ethyl adjacent to an activating group) is 1. The molecule has 0 heterocycles. The molecule has 102 valence electrons. The third-order valence-electron chi connectivity index (χ3n) is 2.95. The van der Waals surface area contributed by atoms with Crippen molar-refractivity contribution in [3.05, 3.63) is 29.3 Å². The monoisotopic (exact) mass is 250 g/mol. The normalized spacial score (nSPS) is 11.6. The summed E-state index contributed by atoms with van der Waals surface area (Å²) in [5, 5.41) is 6.54. The number of ether oxygens (including phenoxy) is 1. The quantitative estimate of drug-likeness (QED) is 0.760. The van der Waals surface area contributed by atoms with E-state index in [0.29, 0.717) is 0 Å². The Morgan fingerprint density at radius 3 is 2.44 bits per heavy atom. The molecule has 0 spiro atoms. The lowest BCUT2D eigenvalue weighted by atomic mass is 9.85. The topological polar surface area (TPSA) is 33.3 Å². The van der Waals surface area contributed by atoms with Crippen molar-refractivity contribution in [3.63, 3.8) is 0 Å². The van der Waals surface area contributed by atoms with Gasteiger partial charge in [0, 0.05) is 19.6 Å². The summed E-state index contributed by atoms with van der Waals surface area (Å²) >= 11 is 0. The summed E-state index contributed by atoms with van der Waals surface area (Å²) in [7, 11) is 3.70. The molecule has 0 amide bonds. The molecule has 1 rings (SSSR count). The van der Waals surface area contributed by atoms with Gasteiger partial charge in [0.15, 0.2) is 0 Å². The molecular formula is C15H26N2O. The zero-order chi connectivity index (χ0) is 13.6. The molecule has 3 nitrogen and oxygen atoms in total. The Bertz CT molecular complexity index is 369. The van der Waals surface area contributed by atoms with E-state index in [2.05, 4.69) is 49.6 Å². The second-order valence-electron chi connectivity index (χ2n) is 5.56. The Morgan fingerprint density at radius 2 is 1.89 bits per heavy atom. The largest absolute Gasteiger partial charge is 0.496 e. The molecule has 0 aliphatic rings. The lowest BCUT2D eigenvalue weighted by molar-refractivity contribution is 0.397. The Kier molecular flexibility index (Phi) is 5.63. The highest BCUT2D eigenvalue weighted by molar-refractivity contribution is 5.41. The molecule has 0 radical (unpaired) electrons. The number of nitrogens with one attached hydrogen (secondary N) is 2. The number of hydrogen-bond donors (Lipinski definition) is 2. The Hall–Kier alpha value is -1.06. The molecular weight excluding hydrogens is 224 g/mol. The van der Waals surface area contributed by atoms with E-state index in [9.17, 15) is 0 Å². The van der Waals surface area contributed by atoms with Gasteiger partial charge in [-0.2, -0.15) is 0 Å². The summed E-state index contributed by atoms with van der Waals surface area (Å²) in [6, 6.07) is 6.43. The Labute approximate surface area is 111 Å². The van der Waals surface area contributed by atoms with Crippen molar-refractivity contribution in [1.29, 1.82) is 0 Å². The highest BCUT2D eigenvalue weighted by Gasteiger charge is 2.18. The zero-order valence-corrected chi connectivity index (χ0v) is 12.3. The van der Waals surface area contributed by atoms with E-state index in [1.54, 1.807) is 7.11 Å². The first-order valence-corrected chi connectivity index (χ1v) is 6.51. The predicted molar refractivity (Wildman–Crippen MR) is 77.3 cm³/mol. The number of hydrogen-bond acceptors (Lipinski definition) is 3. The molecule has 2 N–H and O–H groups in total. The second-order valence-corrected chi connectivity index (χ2v) is 5.56. The highest BCUT2D eigenvalue weighted by Crippen LogP contribution is 2.31. The van der Waals surface area contributed by atoms with Crippen molar-refractivity contribution < 1.29 is 4.74 Å². The van der Waals surface area contributed by atoms with E-state index in [1.165, 1.54) is 11.1 Å². The molecule has 0 atom stereocenters. The highest BCUT2D eigenvalue weighted by atomic mass is 16.5. The van der Waals surface area contributed by atoms with Crippen molar-refractivity contribution in [2.45, 2.75) is 32.7 Å². The number of rotatable bonds is 6. The molecule has 0 fully saturated rings. The van der Waals surface area contributed by atoms with E-state index < -0.39 is 0 Å². The third-order valence-corrected chi connectivity index (χ3v) is 2.95. The number of methoxy groups -OCH3 is 1. The standard InChI is InChI=1S/C15H26N2O/c1-15(2,3)13-10-12(6-7-14(13)18-5)11-17-9-8-16-4/h6-7,10,16-17H,8-9,11H2,1-5H3. The average Bonchev–Trinajstić information content (AvgIpc) is 2.33. The fourth-order valence-corrected chi connectivity index (χ4v) is 1.90. The number of benzene rings is 1. The van der Waals surface area contributed by atoms with Gasteiger partial charge >= 0.3 is 0 Å². The Balaban J connectivity index is 2.77. The molecule has 18 heavy (non-hydrogen) atoms. The van der Waals surface area contributed by atoms with Crippen LogP contribution in [-0.4, -0.2) is 27.2 Å². The van der Waals surface area contributed by atoms with Gasteiger partial charge in [-0.15, -0.1) is 0 Å². The summed E-state index contributed by atoms with van der Waals surface area (Å²) < 4.78 is 5.44. The SMILES string of the molecule is CNCCNCc1ccc(OC)c(C(C)(C)C)c1. The minimum absolute atomic E-state index is 0.103. The maximum Gasteiger partial charge on any atom is 0.122 e. The lowest BCUT2D eigenvalue weighted by Gasteiger charge is -2.23. The van der Waals surface area contributed by atoms with Crippen LogP contribution in [-0.2, 0) is 12.0 Å². The van der Waals surface area contributed by atoms with Crippen molar-refractivity contribution in [3.8, 4) is 5.75 Å². The van der Waals surface area contributed by atoms with E-state index in [0.717, 1.165) is 25.4 Å². The fourth-order valence-electron chi connectivity index (χ4n) is 1.90. The van der Waals surface area contributed by atoms with Crippen LogP contribution in [0.15, 0.2) is 18.2 Å². The molecule has 0 aliphatic carbocycles. The van der Waals surface area contributed by atoms with Crippen molar-refractivity contribution in [1.82, 2.24) is 10.6 Å². The summed E-state index contributed by atoms with van der Waals surface area (Å²) in [5.74, 6) is 0.974. The van der Waals surface area contributed by atoms with Crippen LogP contribution in [0.2, 0.25) is 0 Å². The van der Waals surface area contributed by atoms with Gasteiger partial charge in [-0.1, -0.05) is 32.9 Å². The van der Waals surface area contributed by atoms with Crippen LogP contribution in [0.25, 0.3) is 0 Å². The van der Waals surface area contributed by atoms with E-state index in [-0.39, 0.29) is 5.41 Å². The molecule has 1 aromatic rings. The molecule has 0 aliphatic heterocycles. The maximum absolute atomic E-state index is 5.44. The van der Waals surface area contributed by atoms with Gasteiger partial charge in [0.05, 0.1) is 7.11 Å². The fraction of sp³-hybridized carbons (Fsp3) is 0.600. The first-order chi connectivity index (χ1) is 8.49. The predicted octanol–water partition coefficient (Wildman–Crippen LogP) is 2.30. The molecule has 0 unspecified atom stereocenters. The van der Waals surface area contributed by atoms with Crippen LogP contribution in [0.3, 0.4) is 0 Å². The van der Waals surface area contributed by atoms with Gasteiger partial charge < -0.3 is 15.4 Å². The summed E-state index contributed by atoms with van der Waals surface area (Å²) in [4.78, 5) is 0. The van der Waals surface area contributed by atoms with Crippen molar-refractivity contribution in [2.24, 2.45) is 0 Å². The van der Waals surface area contributed by atoms with Crippen LogP contribution in [0.5, 0.6) is 5.75 Å². The van der Waals surface area contributed by atoms with Gasteiger partial charge in [0.25, 0.3) is 0 Å². The first-order valence-electron chi connectivity index (χ1n) is 6.51. The zero-order valence-electron chi connectivity index (χ0n) is 12.3. The smallest absolute Gasteiger partial charge is 0.122 e. The van der Waals surface area contributed by atoms with E-state index in [4.69, 9.17) is 4.74 Å². The van der Waals surface area contributed by atoms with E-state index in [1.807, 2.05) is 7.05 Å². The van der Waals surface area contributed by atoms with Crippen LogP contribution in [0.1, 0.15) is 31.9 Å². The second kappa shape index (κ2) is 6.76. The summed E-state index contributed by atoms with van der Waals surface area (Å²) in [5.41, 5.74) is 2.67. The van der Waals surface area contributed by atoms with Gasteiger partial charge in [-0.25, -0.2) is 0 Å². The van der Waals surface area contributed by atoms with Crippen LogP contribution < -0.4 is 15.4 Å². The molecule has 0 saturated carbocycles. The maximum atomic E-state index is 5.44. The lowest BCUT2D eigenvalue weighted by Crippen LogP contribution is -2.24. The average molecular weight is 250 g/mol. The molecule has 0 aromatic heterocycles. The Morgan fingerprint density at radius 1 is 1.17 bits per heavy atom. The van der Waals surface area contributed by atoms with E-state index >= 15 is 0 Å². The third kappa shape index (κ3) is 4.31. The van der Waals surface area contributed by atoms with Crippen molar-refractivity contribution in [2.75, 3.05) is 27.2 Å². The minimum atomic E-state index is 0.103. The molecule has 3 heteroatoms. The van der Waals surface area contributed by atoms with Gasteiger partial charge in [0.1, 0.15) is 5.75 Å². The van der Waals surface area contributed by atoms with Crippen LogP contribution >= 0.6 is 0 Å². The molecule has 0 bridgehead atoms. The van der Waals surface area contributed by atoms with Gasteiger partial charge in [-0.05, 0) is 29.7 Å². The summed E-state index contributed by atoms with van der Waals surface area (Å²) in [6.45, 7) is 9.50. The summed E-state index contributed by atoms with van der Waals surface area (Å²) in [6.07, 6.45) is 0. The van der Waals surface area contributed by atoms with Crippen LogP contribution in [0.4, 0.5) is 0 Å².